The Morgan fingerprint density at radius 3 is 1.98 bits per heavy atom. The highest BCUT2D eigenvalue weighted by molar-refractivity contribution is 7.26. The summed E-state index contributed by atoms with van der Waals surface area (Å²) < 4.78 is 49.6. The zero-order valence-electron chi connectivity index (χ0n) is 28.1. The molecule has 0 atom stereocenters. The van der Waals surface area contributed by atoms with Gasteiger partial charge in [0.25, 0.3) is 0 Å². The SMILES string of the molecule is [2H]c1c([2H])c([2H])c(-c2ccc3c(c2)oc2cc(-c4nc(-c5ccccc5)nc(-c5cccc6c5sc5ccccc56)n4)ccc23)c([2H])c1[2H]. The van der Waals surface area contributed by atoms with E-state index < -0.39 is 6.04 Å². The van der Waals surface area contributed by atoms with Crippen LogP contribution in [0, 0.1) is 0 Å². The molecule has 9 rings (SSSR count). The summed E-state index contributed by atoms with van der Waals surface area (Å²) in [6.45, 7) is 0. The number of rotatable bonds is 4. The van der Waals surface area contributed by atoms with Gasteiger partial charge in [-0.15, -0.1) is 11.3 Å². The molecule has 0 N–H and O–H groups in total. The Kier molecular flexibility index (Phi) is 4.60. The monoisotopic (exact) mass is 586 g/mol. The highest BCUT2D eigenvalue weighted by Gasteiger charge is 2.17. The highest BCUT2D eigenvalue weighted by Crippen LogP contribution is 2.40. The van der Waals surface area contributed by atoms with Crippen LogP contribution in [0.1, 0.15) is 6.85 Å². The van der Waals surface area contributed by atoms with Gasteiger partial charge in [-0.05, 0) is 47.5 Å². The van der Waals surface area contributed by atoms with Crippen LogP contribution in [-0.2, 0) is 0 Å². The molecular weight excluding hydrogens is 559 g/mol. The standard InChI is InChI=1S/C39H23N3OS/c1-3-10-24(11-4-1)26-18-20-28-29-21-19-27(23-34(29)43-33(28)22-26)38-40-37(25-12-5-2-6-13-25)41-39(42-38)32-16-9-15-31-30-14-7-8-17-35(30)44-36(31)32/h1-23H/i1D,3D,4D,10D,11D. The van der Waals surface area contributed by atoms with Gasteiger partial charge < -0.3 is 4.42 Å². The van der Waals surface area contributed by atoms with Crippen LogP contribution in [0.2, 0.25) is 0 Å². The van der Waals surface area contributed by atoms with Crippen LogP contribution >= 0.6 is 11.3 Å². The maximum Gasteiger partial charge on any atom is 0.165 e. The van der Waals surface area contributed by atoms with E-state index in [0.717, 1.165) is 37.5 Å². The van der Waals surface area contributed by atoms with Crippen molar-refractivity contribution >= 4 is 53.4 Å². The summed E-state index contributed by atoms with van der Waals surface area (Å²) in [6, 6.07) is 34.0. The Morgan fingerprint density at radius 2 is 1.16 bits per heavy atom. The summed E-state index contributed by atoms with van der Waals surface area (Å²) in [5, 5.41) is 4.08. The molecule has 0 bridgehead atoms. The minimum Gasteiger partial charge on any atom is -0.456 e. The third kappa shape index (κ3) is 4.09. The summed E-state index contributed by atoms with van der Waals surface area (Å²) in [5.74, 6) is 1.64. The summed E-state index contributed by atoms with van der Waals surface area (Å²) in [5.41, 5.74) is 4.32. The lowest BCUT2D eigenvalue weighted by Crippen LogP contribution is -2.00. The fraction of sp³-hybridized carbons (Fsp3) is 0. The van der Waals surface area contributed by atoms with Crippen molar-refractivity contribution in [3.05, 3.63) is 139 Å². The van der Waals surface area contributed by atoms with Gasteiger partial charge in [-0.1, -0.05) is 103 Å². The number of thiophene rings is 1. The number of nitrogens with zero attached hydrogens (tertiary/aromatic N) is 3. The minimum absolute atomic E-state index is 0.133. The van der Waals surface area contributed by atoms with E-state index in [2.05, 4.69) is 36.4 Å². The molecule has 0 radical (unpaired) electrons. The third-order valence-electron chi connectivity index (χ3n) is 7.83. The fourth-order valence-electron chi connectivity index (χ4n) is 5.73. The fourth-order valence-corrected chi connectivity index (χ4v) is 6.94. The molecule has 0 unspecified atom stereocenters. The van der Waals surface area contributed by atoms with E-state index in [9.17, 15) is 0 Å². The molecule has 0 amide bonds. The van der Waals surface area contributed by atoms with Crippen LogP contribution in [0.15, 0.2) is 144 Å². The molecule has 0 aliphatic carbocycles. The molecule has 206 valence electrons. The number of hydrogen-bond donors (Lipinski definition) is 0. The molecule has 6 aromatic carbocycles. The largest absolute Gasteiger partial charge is 0.456 e. The van der Waals surface area contributed by atoms with Crippen LogP contribution < -0.4 is 0 Å². The Hall–Kier alpha value is -5.65. The van der Waals surface area contributed by atoms with E-state index in [-0.39, 0.29) is 29.7 Å². The number of furan rings is 1. The van der Waals surface area contributed by atoms with Crippen molar-refractivity contribution in [3.63, 3.8) is 0 Å². The zero-order chi connectivity index (χ0) is 33.4. The van der Waals surface area contributed by atoms with Gasteiger partial charge in [0.2, 0.25) is 0 Å². The first kappa shape index (κ1) is 20.3. The molecular formula is C39H23N3OS. The van der Waals surface area contributed by atoms with Gasteiger partial charge in [-0.25, -0.2) is 15.0 Å². The predicted molar refractivity (Wildman–Crippen MR) is 182 cm³/mol. The zero-order valence-corrected chi connectivity index (χ0v) is 23.9. The topological polar surface area (TPSA) is 51.8 Å². The molecule has 0 saturated heterocycles. The van der Waals surface area contributed by atoms with Crippen LogP contribution in [0.25, 0.3) is 87.4 Å². The molecule has 9 aromatic rings. The third-order valence-corrected chi connectivity index (χ3v) is 9.05. The quantitative estimate of drug-likeness (QED) is 0.206. The number of benzene rings is 6. The second-order valence-electron chi connectivity index (χ2n) is 10.5. The lowest BCUT2D eigenvalue weighted by molar-refractivity contribution is 0.669. The summed E-state index contributed by atoms with van der Waals surface area (Å²) >= 11 is 1.73. The van der Waals surface area contributed by atoms with E-state index in [4.69, 9.17) is 26.2 Å². The lowest BCUT2D eigenvalue weighted by Gasteiger charge is -2.09. The van der Waals surface area contributed by atoms with Crippen molar-refractivity contribution in [1.29, 1.82) is 0 Å². The van der Waals surface area contributed by atoms with Crippen molar-refractivity contribution in [1.82, 2.24) is 15.0 Å². The maximum atomic E-state index is 8.42. The van der Waals surface area contributed by atoms with E-state index >= 15 is 0 Å². The van der Waals surface area contributed by atoms with Gasteiger partial charge in [0.1, 0.15) is 11.2 Å². The molecule has 3 aromatic heterocycles. The smallest absolute Gasteiger partial charge is 0.165 e. The molecule has 0 spiro atoms. The molecule has 4 nitrogen and oxygen atoms in total. The Balaban J connectivity index is 1.21. The van der Waals surface area contributed by atoms with Gasteiger partial charge in [-0.2, -0.15) is 0 Å². The first-order chi connectivity index (χ1) is 23.9. The van der Waals surface area contributed by atoms with Crippen molar-refractivity contribution in [2.24, 2.45) is 0 Å². The van der Waals surface area contributed by atoms with E-state index in [0.29, 0.717) is 34.2 Å². The van der Waals surface area contributed by atoms with Crippen molar-refractivity contribution < 1.29 is 11.3 Å². The summed E-state index contributed by atoms with van der Waals surface area (Å²) in [6.07, 6.45) is 0. The highest BCUT2D eigenvalue weighted by atomic mass is 32.1. The van der Waals surface area contributed by atoms with Gasteiger partial charge in [0, 0.05) is 47.6 Å². The first-order valence-corrected chi connectivity index (χ1v) is 14.9. The van der Waals surface area contributed by atoms with E-state index in [1.165, 1.54) is 10.1 Å². The molecule has 0 aliphatic rings. The molecule has 0 saturated carbocycles. The van der Waals surface area contributed by atoms with Gasteiger partial charge in [0.05, 0.1) is 6.85 Å². The van der Waals surface area contributed by atoms with Gasteiger partial charge >= 0.3 is 0 Å². The molecule has 5 heteroatoms. The Labute approximate surface area is 264 Å². The number of aromatic nitrogens is 3. The number of fused-ring (bicyclic) bond motifs is 6. The normalized spacial score (nSPS) is 13.2. The van der Waals surface area contributed by atoms with Crippen molar-refractivity contribution in [2.75, 3.05) is 0 Å². The summed E-state index contributed by atoms with van der Waals surface area (Å²) in [7, 11) is 0. The van der Waals surface area contributed by atoms with E-state index in [1.54, 1.807) is 23.5 Å². The average Bonchev–Trinajstić information content (AvgIpc) is 3.71. The van der Waals surface area contributed by atoms with Crippen LogP contribution in [0.3, 0.4) is 0 Å². The lowest BCUT2D eigenvalue weighted by atomic mass is 10.0. The van der Waals surface area contributed by atoms with Crippen molar-refractivity contribution in [3.8, 4) is 45.3 Å². The van der Waals surface area contributed by atoms with Gasteiger partial charge in [-0.3, -0.25) is 0 Å². The van der Waals surface area contributed by atoms with Crippen LogP contribution in [0.4, 0.5) is 0 Å². The Bertz CT molecular complexity index is 2770. The first-order valence-electron chi connectivity index (χ1n) is 16.6. The molecule has 0 fully saturated rings. The molecule has 0 aliphatic heterocycles. The second kappa shape index (κ2) is 9.97. The predicted octanol–water partition coefficient (Wildman–Crippen LogP) is 10.8. The van der Waals surface area contributed by atoms with Crippen LogP contribution in [0.5, 0.6) is 0 Å². The number of hydrogen-bond acceptors (Lipinski definition) is 5. The molecule has 44 heavy (non-hydrogen) atoms. The maximum absolute atomic E-state index is 8.42. The Morgan fingerprint density at radius 1 is 0.500 bits per heavy atom. The van der Waals surface area contributed by atoms with E-state index in [1.807, 2.05) is 60.7 Å². The second-order valence-corrected chi connectivity index (χ2v) is 11.5. The van der Waals surface area contributed by atoms with Crippen molar-refractivity contribution in [2.45, 2.75) is 0 Å². The van der Waals surface area contributed by atoms with Gasteiger partial charge in [0.15, 0.2) is 17.5 Å². The summed E-state index contributed by atoms with van der Waals surface area (Å²) in [4.78, 5) is 14.9. The van der Waals surface area contributed by atoms with Crippen LogP contribution in [-0.4, -0.2) is 15.0 Å². The minimum atomic E-state index is -0.423. The molecule has 3 heterocycles. The average molecular weight is 587 g/mol.